The van der Waals surface area contributed by atoms with Crippen molar-refractivity contribution in [1.82, 2.24) is 9.62 Å². The quantitative estimate of drug-likeness (QED) is 0.242. The first-order chi connectivity index (χ1) is 23.1. The monoisotopic (exact) mass is 675 g/mol. The molecule has 3 heterocycles. The fourth-order valence-corrected chi connectivity index (χ4v) is 8.02. The number of anilines is 1. The molecule has 0 radical (unpaired) electrons. The van der Waals surface area contributed by atoms with Gasteiger partial charge in [0, 0.05) is 29.9 Å². The summed E-state index contributed by atoms with van der Waals surface area (Å²) in [4.78, 5) is 26.0. The van der Waals surface area contributed by atoms with Crippen LogP contribution in [0.1, 0.15) is 37.0 Å². The Bertz CT molecular complexity index is 1750. The topological polar surface area (TPSA) is 144 Å². The van der Waals surface area contributed by atoms with Gasteiger partial charge < -0.3 is 30.0 Å². The maximum Gasteiger partial charge on any atom is 0.407 e. The van der Waals surface area contributed by atoms with E-state index in [0.717, 1.165) is 17.5 Å². The van der Waals surface area contributed by atoms with Crippen molar-refractivity contribution in [3.05, 3.63) is 95.6 Å². The van der Waals surface area contributed by atoms with Crippen molar-refractivity contribution < 1.29 is 37.3 Å². The molecule has 5 unspecified atom stereocenters. The number of amides is 2. The fourth-order valence-electron chi connectivity index (χ4n) is 6.37. The van der Waals surface area contributed by atoms with E-state index >= 15 is 0 Å². The molecule has 0 aromatic heterocycles. The Morgan fingerprint density at radius 1 is 1.06 bits per heavy atom. The Morgan fingerprint density at radius 3 is 2.52 bits per heavy atom. The molecule has 3 aromatic carbocycles. The lowest BCUT2D eigenvalue weighted by Crippen LogP contribution is -2.51. The molecule has 0 aliphatic carbocycles. The van der Waals surface area contributed by atoms with Crippen molar-refractivity contribution in [3.8, 4) is 0 Å². The Kier molecular flexibility index (Phi) is 10.3. The number of carbonyl (C=O) groups is 2. The van der Waals surface area contributed by atoms with Crippen LogP contribution in [0, 0.1) is 11.8 Å². The highest BCUT2D eigenvalue weighted by molar-refractivity contribution is 7.89. The Balaban J connectivity index is 1.24. The summed E-state index contributed by atoms with van der Waals surface area (Å²) < 4.78 is 46.6. The number of aliphatic hydroxyl groups is 1. The summed E-state index contributed by atoms with van der Waals surface area (Å²) in [5, 5.41) is 17.3. The minimum atomic E-state index is -4.16. The van der Waals surface area contributed by atoms with Gasteiger partial charge in [0.2, 0.25) is 10.0 Å². The van der Waals surface area contributed by atoms with Crippen LogP contribution in [0.3, 0.4) is 0 Å². The Labute approximate surface area is 280 Å². The first-order valence-corrected chi connectivity index (χ1v) is 17.7. The van der Waals surface area contributed by atoms with Crippen molar-refractivity contribution in [2.45, 2.75) is 56.1 Å². The highest BCUT2D eigenvalue weighted by atomic mass is 32.2. The fraction of sp³-hybridized carbons (Fsp3) is 0.389. The van der Waals surface area contributed by atoms with Crippen LogP contribution < -0.4 is 10.6 Å². The van der Waals surface area contributed by atoms with Gasteiger partial charge in [0.1, 0.15) is 6.10 Å². The minimum absolute atomic E-state index is 0.00823. The molecule has 3 aliphatic heterocycles. The van der Waals surface area contributed by atoms with Crippen LogP contribution in [0.5, 0.6) is 0 Å². The molecule has 3 aliphatic rings. The van der Waals surface area contributed by atoms with Crippen molar-refractivity contribution >= 4 is 39.4 Å². The number of aliphatic hydroxyl groups excluding tert-OH is 1. The van der Waals surface area contributed by atoms with E-state index in [4.69, 9.17) is 14.2 Å². The minimum Gasteiger partial charge on any atom is -0.443 e. The van der Waals surface area contributed by atoms with Gasteiger partial charge in [-0.1, -0.05) is 74.5 Å². The number of fused-ring (bicyclic) bond motifs is 2. The third-order valence-corrected chi connectivity index (χ3v) is 10.6. The molecule has 6 rings (SSSR count). The van der Waals surface area contributed by atoms with Gasteiger partial charge in [-0.05, 0) is 54.2 Å². The number of nitrogens with zero attached hydrogens (tertiary/aromatic N) is 1. The van der Waals surface area contributed by atoms with Crippen LogP contribution in [0.4, 0.5) is 10.5 Å². The second kappa shape index (κ2) is 14.6. The normalized spacial score (nSPS) is 22.4. The molecule has 0 saturated carbocycles. The van der Waals surface area contributed by atoms with Crippen LogP contribution >= 0.6 is 0 Å². The van der Waals surface area contributed by atoms with Gasteiger partial charge in [0.05, 0.1) is 36.2 Å². The van der Waals surface area contributed by atoms with E-state index in [1.807, 2.05) is 74.5 Å². The summed E-state index contributed by atoms with van der Waals surface area (Å²) in [7, 11) is -4.16. The van der Waals surface area contributed by atoms with Crippen molar-refractivity contribution in [2.24, 2.45) is 11.8 Å². The van der Waals surface area contributed by atoms with Crippen molar-refractivity contribution in [2.75, 3.05) is 31.6 Å². The number of benzene rings is 3. The molecule has 5 atom stereocenters. The van der Waals surface area contributed by atoms with Gasteiger partial charge >= 0.3 is 6.09 Å². The van der Waals surface area contributed by atoms with E-state index in [1.54, 1.807) is 12.1 Å². The standard InChI is InChI=1S/C36H41N3O8S/c1-23(2)20-39(48(43,44)26-13-14-30-28(19-26)29(34(41)37-30)17-24-9-5-3-6-10-24)21-32(40)31(18-25-11-7-4-8-12-25)38-36(42)47-33-22-46-35-27(33)15-16-45-35/h3-14,17,19,23,27,31-33,35,40H,15-16,18,20-22H2,1-2H3,(H,37,41)(H,38,42). The van der Waals surface area contributed by atoms with E-state index in [1.165, 1.54) is 16.4 Å². The molecule has 3 N–H and O–H groups in total. The van der Waals surface area contributed by atoms with Gasteiger partial charge in [0.15, 0.2) is 6.29 Å². The zero-order chi connectivity index (χ0) is 33.8. The van der Waals surface area contributed by atoms with E-state index < -0.39 is 34.4 Å². The second-order valence-electron chi connectivity index (χ2n) is 12.8. The Hall–Kier alpha value is -4.07. The molecule has 0 spiro atoms. The lowest BCUT2D eigenvalue weighted by atomic mass is 10.0. The number of rotatable bonds is 12. The molecule has 0 bridgehead atoms. The number of sulfonamides is 1. The average Bonchev–Trinajstić information content (AvgIpc) is 3.77. The first kappa shape index (κ1) is 33.8. The number of hydrogen-bond donors (Lipinski definition) is 3. The van der Waals surface area contributed by atoms with E-state index in [2.05, 4.69) is 10.6 Å². The summed E-state index contributed by atoms with van der Waals surface area (Å²) in [6.07, 6.45) is -0.194. The van der Waals surface area contributed by atoms with Gasteiger partial charge in [0.25, 0.3) is 5.91 Å². The molecule has 48 heavy (non-hydrogen) atoms. The highest BCUT2D eigenvalue weighted by Gasteiger charge is 2.44. The van der Waals surface area contributed by atoms with Gasteiger partial charge in [-0.2, -0.15) is 4.31 Å². The number of ether oxygens (including phenoxy) is 3. The average molecular weight is 676 g/mol. The third kappa shape index (κ3) is 7.63. The maximum absolute atomic E-state index is 14.2. The molecular formula is C36H41N3O8S. The molecule has 11 nitrogen and oxygen atoms in total. The summed E-state index contributed by atoms with van der Waals surface area (Å²) in [5.74, 6) is -0.451. The molecule has 2 fully saturated rings. The zero-order valence-corrected chi connectivity index (χ0v) is 27.8. The van der Waals surface area contributed by atoms with Crippen LogP contribution in [0.15, 0.2) is 83.8 Å². The zero-order valence-electron chi connectivity index (χ0n) is 27.0. The predicted octanol–water partition coefficient (Wildman–Crippen LogP) is 4.29. The van der Waals surface area contributed by atoms with Crippen LogP contribution in [-0.4, -0.2) is 80.7 Å². The summed E-state index contributed by atoms with van der Waals surface area (Å²) in [5.41, 5.74) is 3.01. The molecule has 2 amide bonds. The molecular weight excluding hydrogens is 634 g/mol. The van der Waals surface area contributed by atoms with Gasteiger partial charge in [-0.25, -0.2) is 13.2 Å². The van der Waals surface area contributed by atoms with E-state index in [9.17, 15) is 23.1 Å². The number of carbonyl (C=O) groups excluding carboxylic acids is 2. The predicted molar refractivity (Wildman–Crippen MR) is 180 cm³/mol. The molecule has 254 valence electrons. The third-order valence-electron chi connectivity index (χ3n) is 8.79. The van der Waals surface area contributed by atoms with Crippen LogP contribution in [0.2, 0.25) is 0 Å². The van der Waals surface area contributed by atoms with Crippen LogP contribution in [-0.2, 0) is 35.4 Å². The lowest BCUT2D eigenvalue weighted by Gasteiger charge is -2.31. The van der Waals surface area contributed by atoms with E-state index in [-0.39, 0.29) is 55.0 Å². The van der Waals surface area contributed by atoms with Crippen LogP contribution in [0.25, 0.3) is 11.6 Å². The van der Waals surface area contributed by atoms with Gasteiger partial charge in [-0.15, -0.1) is 0 Å². The smallest absolute Gasteiger partial charge is 0.407 e. The number of alkyl carbamates (subject to hydrolysis) is 1. The Morgan fingerprint density at radius 2 is 1.79 bits per heavy atom. The maximum atomic E-state index is 14.2. The number of nitrogens with one attached hydrogen (secondary N) is 2. The molecule has 2 saturated heterocycles. The number of hydrogen-bond acceptors (Lipinski definition) is 8. The molecule has 3 aromatic rings. The van der Waals surface area contributed by atoms with Gasteiger partial charge in [-0.3, -0.25) is 4.79 Å². The van der Waals surface area contributed by atoms with Crippen molar-refractivity contribution in [1.29, 1.82) is 0 Å². The van der Waals surface area contributed by atoms with Crippen molar-refractivity contribution in [3.63, 3.8) is 0 Å². The largest absolute Gasteiger partial charge is 0.443 e. The summed E-state index contributed by atoms with van der Waals surface area (Å²) in [6, 6.07) is 22.3. The first-order valence-electron chi connectivity index (χ1n) is 16.2. The van der Waals surface area contributed by atoms with E-state index in [0.29, 0.717) is 23.4 Å². The second-order valence-corrected chi connectivity index (χ2v) is 14.8. The summed E-state index contributed by atoms with van der Waals surface area (Å²) in [6.45, 7) is 4.37. The SMILES string of the molecule is CC(C)CN(CC(O)C(Cc1ccccc1)NC(=O)OC1COC2OCCC12)S(=O)(=O)c1ccc2c(c1)C(=Cc1ccccc1)C(=O)N2. The lowest BCUT2D eigenvalue weighted by molar-refractivity contribution is -0.110. The highest BCUT2D eigenvalue weighted by Crippen LogP contribution is 2.36. The summed E-state index contributed by atoms with van der Waals surface area (Å²) >= 11 is 0. The molecule has 12 heteroatoms.